The molecule has 5 nitrogen and oxygen atoms in total. The fraction of sp³-hybridized carbons (Fsp3) is 0. The Balaban J connectivity index is 2.33. The number of halogens is 3. The Morgan fingerprint density at radius 1 is 1.11 bits per heavy atom. The topological polar surface area (TPSA) is 72.0 Å². The predicted molar refractivity (Wildman–Crippen MR) is 69.3 cm³/mol. The molecule has 9 heteroatoms. The Morgan fingerprint density at radius 2 is 1.74 bits per heavy atom. The summed E-state index contributed by atoms with van der Waals surface area (Å²) in [5.74, 6) is -0.610. The van der Waals surface area contributed by atoms with E-state index in [1.165, 1.54) is 6.07 Å². The van der Waals surface area contributed by atoms with E-state index in [1.54, 1.807) is 0 Å². The number of nitrogens with zero attached hydrogens (tertiary/aromatic N) is 2. The van der Waals surface area contributed by atoms with Crippen molar-refractivity contribution in [1.82, 2.24) is 9.97 Å². The molecule has 0 unspecified atom stereocenters. The molecule has 1 aromatic heterocycles. The third-order valence-electron chi connectivity index (χ3n) is 2.03. The lowest BCUT2D eigenvalue weighted by Gasteiger charge is -2.07. The van der Waals surface area contributed by atoms with E-state index in [1.807, 2.05) is 0 Å². The van der Waals surface area contributed by atoms with Gasteiger partial charge in [0.1, 0.15) is 16.8 Å². The van der Waals surface area contributed by atoms with Gasteiger partial charge in [0.05, 0.1) is 4.90 Å². The van der Waals surface area contributed by atoms with Crippen LogP contribution in [0, 0.1) is 5.82 Å². The summed E-state index contributed by atoms with van der Waals surface area (Å²) in [4.78, 5) is 7.14. The average molecular weight is 322 g/mol. The first-order valence-corrected chi connectivity index (χ1v) is 7.09. The van der Waals surface area contributed by atoms with E-state index in [9.17, 15) is 12.8 Å². The molecule has 0 aliphatic carbocycles. The Morgan fingerprint density at radius 3 is 2.32 bits per heavy atom. The molecule has 1 aromatic carbocycles. The van der Waals surface area contributed by atoms with Crippen LogP contribution in [0.25, 0.3) is 0 Å². The first-order chi connectivity index (χ1) is 8.87. The zero-order valence-corrected chi connectivity index (χ0v) is 11.5. The summed E-state index contributed by atoms with van der Waals surface area (Å²) in [5.41, 5.74) is 0. The van der Waals surface area contributed by atoms with Crippen LogP contribution in [-0.2, 0) is 10.0 Å². The minimum atomic E-state index is -3.89. The maximum absolute atomic E-state index is 12.7. The van der Waals surface area contributed by atoms with Crippen molar-refractivity contribution in [3.8, 4) is 0 Å². The lowest BCUT2D eigenvalue weighted by Crippen LogP contribution is -2.14. The number of hydrogen-bond acceptors (Lipinski definition) is 4. The Hall–Kier alpha value is -1.44. The standard InChI is InChI=1S/C10H6Cl2FN3O2S/c11-8-5-9(15-10(12)14-8)16-19(17,18)7-3-1-6(13)2-4-7/h1-5H,(H,14,15,16). The fourth-order valence-corrected chi connectivity index (χ4v) is 2.65. The fourth-order valence-electron chi connectivity index (χ4n) is 1.25. The van der Waals surface area contributed by atoms with Gasteiger partial charge in [0.25, 0.3) is 10.0 Å². The van der Waals surface area contributed by atoms with Crippen molar-refractivity contribution in [2.75, 3.05) is 4.72 Å². The SMILES string of the molecule is O=S(=O)(Nc1cc(Cl)nc(Cl)n1)c1ccc(F)cc1. The number of aromatic nitrogens is 2. The van der Waals surface area contributed by atoms with Crippen molar-refractivity contribution in [3.63, 3.8) is 0 Å². The molecule has 0 spiro atoms. The number of sulfonamides is 1. The highest BCUT2D eigenvalue weighted by molar-refractivity contribution is 7.92. The molecule has 0 atom stereocenters. The number of hydrogen-bond donors (Lipinski definition) is 1. The predicted octanol–water partition coefficient (Wildman–Crippen LogP) is 2.72. The molecule has 0 fully saturated rings. The number of nitrogens with one attached hydrogen (secondary N) is 1. The molecule has 0 amide bonds. The minimum Gasteiger partial charge on any atom is -0.263 e. The Labute approximate surface area is 118 Å². The molecule has 0 saturated carbocycles. The average Bonchev–Trinajstić information content (AvgIpc) is 2.27. The van der Waals surface area contributed by atoms with Crippen LogP contribution < -0.4 is 4.72 Å². The zero-order valence-electron chi connectivity index (χ0n) is 9.14. The van der Waals surface area contributed by atoms with Crippen molar-refractivity contribution in [2.24, 2.45) is 0 Å². The van der Waals surface area contributed by atoms with Gasteiger partial charge in [0, 0.05) is 6.07 Å². The van der Waals surface area contributed by atoms with Crippen LogP contribution in [0.1, 0.15) is 0 Å². The highest BCUT2D eigenvalue weighted by atomic mass is 35.5. The molecule has 0 aliphatic heterocycles. The van der Waals surface area contributed by atoms with E-state index >= 15 is 0 Å². The third-order valence-corrected chi connectivity index (χ3v) is 3.76. The summed E-state index contributed by atoms with van der Waals surface area (Å²) in [5, 5.41) is -0.193. The minimum absolute atomic E-state index is 0.00296. The van der Waals surface area contributed by atoms with Crippen LogP contribution in [0.3, 0.4) is 0 Å². The van der Waals surface area contributed by atoms with Gasteiger partial charge in [-0.3, -0.25) is 4.72 Å². The van der Waals surface area contributed by atoms with Crippen molar-refractivity contribution in [2.45, 2.75) is 4.90 Å². The molecule has 0 bridgehead atoms. The molecule has 1 N–H and O–H groups in total. The summed E-state index contributed by atoms with van der Waals surface area (Å²) in [7, 11) is -3.89. The van der Waals surface area contributed by atoms with Gasteiger partial charge in [-0.05, 0) is 35.9 Å². The second-order valence-corrected chi connectivity index (χ2v) is 5.81. The number of rotatable bonds is 3. The van der Waals surface area contributed by atoms with E-state index in [2.05, 4.69) is 14.7 Å². The quantitative estimate of drug-likeness (QED) is 0.697. The highest BCUT2D eigenvalue weighted by Gasteiger charge is 2.15. The van der Waals surface area contributed by atoms with E-state index in [-0.39, 0.29) is 21.2 Å². The van der Waals surface area contributed by atoms with Crippen molar-refractivity contribution >= 4 is 39.0 Å². The maximum atomic E-state index is 12.7. The van der Waals surface area contributed by atoms with Crippen LogP contribution in [0.2, 0.25) is 10.4 Å². The van der Waals surface area contributed by atoms with Gasteiger partial charge in [-0.25, -0.2) is 17.8 Å². The molecular formula is C10H6Cl2FN3O2S. The highest BCUT2D eigenvalue weighted by Crippen LogP contribution is 2.18. The molecule has 2 aromatic rings. The van der Waals surface area contributed by atoms with Crippen LogP contribution in [0.4, 0.5) is 10.2 Å². The largest absolute Gasteiger partial charge is 0.263 e. The number of anilines is 1. The van der Waals surface area contributed by atoms with E-state index in [4.69, 9.17) is 23.2 Å². The first-order valence-electron chi connectivity index (χ1n) is 4.85. The molecule has 100 valence electrons. The molecule has 1 heterocycles. The van der Waals surface area contributed by atoms with Gasteiger partial charge in [-0.15, -0.1) is 0 Å². The van der Waals surface area contributed by atoms with E-state index in [0.717, 1.165) is 24.3 Å². The van der Waals surface area contributed by atoms with Gasteiger partial charge in [0.15, 0.2) is 0 Å². The molecule has 0 radical (unpaired) electrons. The molecule has 2 rings (SSSR count). The van der Waals surface area contributed by atoms with Gasteiger partial charge < -0.3 is 0 Å². The zero-order chi connectivity index (χ0) is 14.0. The first kappa shape index (κ1) is 14.0. The smallest absolute Gasteiger partial charge is 0.263 e. The molecular weight excluding hydrogens is 316 g/mol. The van der Waals surface area contributed by atoms with Crippen molar-refractivity contribution in [1.29, 1.82) is 0 Å². The van der Waals surface area contributed by atoms with Gasteiger partial charge >= 0.3 is 0 Å². The summed E-state index contributed by atoms with van der Waals surface area (Å²) < 4.78 is 38.8. The van der Waals surface area contributed by atoms with Crippen molar-refractivity contribution < 1.29 is 12.8 Å². The van der Waals surface area contributed by atoms with Crippen LogP contribution >= 0.6 is 23.2 Å². The van der Waals surface area contributed by atoms with Crippen LogP contribution in [-0.4, -0.2) is 18.4 Å². The Bertz CT molecular complexity index is 687. The van der Waals surface area contributed by atoms with Gasteiger partial charge in [0.2, 0.25) is 5.28 Å². The van der Waals surface area contributed by atoms with Gasteiger partial charge in [-0.1, -0.05) is 11.6 Å². The summed E-state index contributed by atoms with van der Waals surface area (Å²) in [6.07, 6.45) is 0. The Kier molecular flexibility index (Phi) is 3.88. The van der Waals surface area contributed by atoms with Crippen molar-refractivity contribution in [3.05, 3.63) is 46.6 Å². The summed E-state index contributed by atoms with van der Waals surface area (Å²) >= 11 is 11.2. The molecule has 0 saturated heterocycles. The normalized spacial score (nSPS) is 11.3. The summed E-state index contributed by atoms with van der Waals surface area (Å²) in [6, 6.07) is 5.53. The molecule has 0 aliphatic rings. The lowest BCUT2D eigenvalue weighted by atomic mass is 10.4. The third kappa shape index (κ3) is 3.52. The summed E-state index contributed by atoms with van der Waals surface area (Å²) in [6.45, 7) is 0. The number of benzene rings is 1. The second-order valence-electron chi connectivity index (χ2n) is 3.40. The second kappa shape index (κ2) is 5.28. The van der Waals surface area contributed by atoms with Crippen LogP contribution in [0.15, 0.2) is 35.2 Å². The van der Waals surface area contributed by atoms with Crippen LogP contribution in [0.5, 0.6) is 0 Å². The van der Waals surface area contributed by atoms with E-state index in [0.29, 0.717) is 0 Å². The maximum Gasteiger partial charge on any atom is 0.263 e. The molecule has 19 heavy (non-hydrogen) atoms. The van der Waals surface area contributed by atoms with E-state index < -0.39 is 15.8 Å². The monoisotopic (exact) mass is 321 g/mol. The van der Waals surface area contributed by atoms with Gasteiger partial charge in [-0.2, -0.15) is 4.98 Å². The lowest BCUT2D eigenvalue weighted by molar-refractivity contribution is 0.599.